The first-order valence-corrected chi connectivity index (χ1v) is 6.13. The van der Waals surface area contributed by atoms with Crippen LogP contribution in [0.2, 0.25) is 0 Å². The Morgan fingerprint density at radius 1 is 1.50 bits per heavy atom. The molecule has 0 aromatic heterocycles. The lowest BCUT2D eigenvalue weighted by Gasteiger charge is -2.57. The van der Waals surface area contributed by atoms with E-state index in [-0.39, 0.29) is 17.4 Å². The van der Waals surface area contributed by atoms with E-state index in [1.165, 1.54) is 0 Å². The molecule has 2 saturated carbocycles. The van der Waals surface area contributed by atoms with Gasteiger partial charge in [-0.2, -0.15) is 0 Å². The zero-order chi connectivity index (χ0) is 12.0. The number of carbonyl (C=O) groups excluding carboxylic acids is 1. The molecule has 0 spiro atoms. The van der Waals surface area contributed by atoms with Gasteiger partial charge in [-0.1, -0.05) is 13.8 Å². The lowest BCUT2D eigenvalue weighted by atomic mass is 9.54. The van der Waals surface area contributed by atoms with Crippen LogP contribution in [0.25, 0.3) is 0 Å². The summed E-state index contributed by atoms with van der Waals surface area (Å²) < 4.78 is 5.60. The van der Waals surface area contributed by atoms with Crippen LogP contribution in [0.4, 0.5) is 0 Å². The van der Waals surface area contributed by atoms with Crippen LogP contribution in [0.15, 0.2) is 0 Å². The zero-order valence-electron chi connectivity index (χ0n) is 10.4. The Bertz CT molecular complexity index is 299. The van der Waals surface area contributed by atoms with Gasteiger partial charge in [0.2, 0.25) is 5.91 Å². The molecule has 4 heteroatoms. The van der Waals surface area contributed by atoms with Crippen LogP contribution in [-0.4, -0.2) is 30.2 Å². The first-order chi connectivity index (χ1) is 7.41. The molecule has 0 saturated heterocycles. The van der Waals surface area contributed by atoms with Crippen molar-refractivity contribution >= 4 is 5.91 Å². The van der Waals surface area contributed by atoms with Gasteiger partial charge in [-0.3, -0.25) is 4.79 Å². The summed E-state index contributed by atoms with van der Waals surface area (Å²) in [6, 6.07) is 0.370. The maximum Gasteiger partial charge on any atom is 0.241 e. The van der Waals surface area contributed by atoms with E-state index >= 15 is 0 Å². The minimum atomic E-state index is -0.755. The van der Waals surface area contributed by atoms with E-state index < -0.39 is 5.54 Å². The van der Waals surface area contributed by atoms with Crippen LogP contribution in [0.1, 0.15) is 40.0 Å². The number of hydrogen-bond donors (Lipinski definition) is 2. The topological polar surface area (TPSA) is 64.3 Å². The van der Waals surface area contributed by atoms with E-state index in [2.05, 4.69) is 5.32 Å². The van der Waals surface area contributed by atoms with Gasteiger partial charge in [-0.25, -0.2) is 0 Å². The van der Waals surface area contributed by atoms with Gasteiger partial charge in [-0.15, -0.1) is 0 Å². The highest BCUT2D eigenvalue weighted by molar-refractivity contribution is 5.89. The van der Waals surface area contributed by atoms with Crippen LogP contribution in [0.3, 0.4) is 0 Å². The molecule has 0 aromatic rings. The Morgan fingerprint density at radius 2 is 2.12 bits per heavy atom. The molecule has 4 nitrogen and oxygen atoms in total. The molecule has 0 aliphatic heterocycles. The average molecular weight is 226 g/mol. The van der Waals surface area contributed by atoms with E-state index in [1.54, 1.807) is 0 Å². The molecule has 92 valence electrons. The Labute approximate surface area is 96.9 Å². The number of nitrogens with two attached hydrogens (primary N) is 1. The molecule has 1 amide bonds. The van der Waals surface area contributed by atoms with Gasteiger partial charge in [0.1, 0.15) is 5.54 Å². The Kier molecular flexibility index (Phi) is 2.75. The summed E-state index contributed by atoms with van der Waals surface area (Å²) in [5.74, 6) is -0.00375. The molecule has 2 aliphatic rings. The van der Waals surface area contributed by atoms with Gasteiger partial charge in [0.15, 0.2) is 0 Å². The number of rotatable bonds is 4. The fraction of sp³-hybridized carbons (Fsp3) is 0.917. The molecule has 16 heavy (non-hydrogen) atoms. The first-order valence-electron chi connectivity index (χ1n) is 6.13. The maximum atomic E-state index is 12.1. The van der Waals surface area contributed by atoms with Crippen molar-refractivity contribution in [1.29, 1.82) is 0 Å². The molecule has 2 unspecified atom stereocenters. The maximum absolute atomic E-state index is 12.1. The van der Waals surface area contributed by atoms with Crippen molar-refractivity contribution in [1.82, 2.24) is 5.32 Å². The summed E-state index contributed by atoms with van der Waals surface area (Å²) in [6.07, 6.45) is 2.92. The highest BCUT2D eigenvalue weighted by atomic mass is 16.5. The van der Waals surface area contributed by atoms with Crippen molar-refractivity contribution in [2.24, 2.45) is 11.1 Å². The fourth-order valence-corrected chi connectivity index (χ4v) is 2.36. The first kappa shape index (κ1) is 11.9. The number of amides is 1. The summed E-state index contributed by atoms with van der Waals surface area (Å²) in [7, 11) is 0. The van der Waals surface area contributed by atoms with Gasteiger partial charge in [0.05, 0.1) is 6.10 Å². The molecule has 3 N–H and O–H groups in total. The van der Waals surface area contributed by atoms with Gasteiger partial charge < -0.3 is 15.8 Å². The van der Waals surface area contributed by atoms with Crippen LogP contribution in [-0.2, 0) is 9.53 Å². The lowest BCUT2D eigenvalue weighted by molar-refractivity contribution is -0.170. The minimum absolute atomic E-state index is 0.00375. The molecular weight excluding hydrogens is 204 g/mol. The van der Waals surface area contributed by atoms with Crippen molar-refractivity contribution < 1.29 is 9.53 Å². The summed E-state index contributed by atoms with van der Waals surface area (Å²) in [5.41, 5.74) is 5.20. The summed E-state index contributed by atoms with van der Waals surface area (Å²) >= 11 is 0. The summed E-state index contributed by atoms with van der Waals surface area (Å²) in [6.45, 7) is 6.68. The predicted octanol–water partition coefficient (Wildman–Crippen LogP) is 0.797. The third-order valence-electron chi connectivity index (χ3n) is 4.15. The third kappa shape index (κ3) is 1.64. The zero-order valence-corrected chi connectivity index (χ0v) is 10.4. The molecular formula is C12H22N2O2. The quantitative estimate of drug-likeness (QED) is 0.745. The second-order valence-electron chi connectivity index (χ2n) is 5.59. The summed E-state index contributed by atoms with van der Waals surface area (Å²) in [5, 5.41) is 3.00. The highest BCUT2D eigenvalue weighted by Crippen LogP contribution is 2.50. The lowest BCUT2D eigenvalue weighted by Crippen LogP contribution is -2.75. The molecule has 2 fully saturated rings. The molecule has 2 atom stereocenters. The van der Waals surface area contributed by atoms with Gasteiger partial charge in [0.25, 0.3) is 0 Å². The van der Waals surface area contributed by atoms with E-state index in [1.807, 2.05) is 20.8 Å². The van der Waals surface area contributed by atoms with Crippen LogP contribution >= 0.6 is 0 Å². The monoisotopic (exact) mass is 226 g/mol. The van der Waals surface area contributed by atoms with Crippen LogP contribution < -0.4 is 11.1 Å². The van der Waals surface area contributed by atoms with Gasteiger partial charge in [-0.05, 0) is 19.8 Å². The normalized spacial score (nSPS) is 36.6. The second-order valence-corrected chi connectivity index (χ2v) is 5.59. The number of carbonyl (C=O) groups is 1. The van der Waals surface area contributed by atoms with Crippen LogP contribution in [0, 0.1) is 5.41 Å². The van der Waals surface area contributed by atoms with Crippen molar-refractivity contribution in [2.75, 3.05) is 6.61 Å². The number of nitrogens with one attached hydrogen (secondary N) is 1. The standard InChI is InChI=1S/C12H22N2O2/c1-4-16-9-7-12(13,11(9,2)3)10(15)14-8-5-6-8/h8-9H,4-7,13H2,1-3H3,(H,14,15). The van der Waals surface area contributed by atoms with E-state index in [0.29, 0.717) is 19.1 Å². The highest BCUT2D eigenvalue weighted by Gasteiger charge is 2.63. The van der Waals surface area contributed by atoms with Crippen molar-refractivity contribution in [3.8, 4) is 0 Å². The number of ether oxygens (including phenoxy) is 1. The SMILES string of the molecule is CCOC1CC(N)(C(=O)NC2CC2)C1(C)C. The Hall–Kier alpha value is -0.610. The molecule has 0 radical (unpaired) electrons. The molecule has 0 heterocycles. The molecule has 2 aliphatic carbocycles. The summed E-state index contributed by atoms with van der Waals surface area (Å²) in [4.78, 5) is 12.1. The predicted molar refractivity (Wildman–Crippen MR) is 61.9 cm³/mol. The Morgan fingerprint density at radius 3 is 2.56 bits per heavy atom. The fourth-order valence-electron chi connectivity index (χ4n) is 2.36. The minimum Gasteiger partial charge on any atom is -0.378 e. The van der Waals surface area contributed by atoms with Gasteiger partial charge in [0, 0.05) is 24.5 Å². The average Bonchev–Trinajstić information content (AvgIpc) is 3.01. The largest absolute Gasteiger partial charge is 0.378 e. The van der Waals surface area contributed by atoms with Crippen molar-refractivity contribution in [2.45, 2.75) is 57.7 Å². The van der Waals surface area contributed by atoms with Crippen LogP contribution in [0.5, 0.6) is 0 Å². The Balaban J connectivity index is 2.00. The molecule has 0 aromatic carbocycles. The third-order valence-corrected chi connectivity index (χ3v) is 4.15. The van der Waals surface area contributed by atoms with Crippen molar-refractivity contribution in [3.63, 3.8) is 0 Å². The van der Waals surface area contributed by atoms with E-state index in [0.717, 1.165) is 12.8 Å². The van der Waals surface area contributed by atoms with Crippen molar-refractivity contribution in [3.05, 3.63) is 0 Å². The second kappa shape index (κ2) is 3.70. The molecule has 2 rings (SSSR count). The number of hydrogen-bond acceptors (Lipinski definition) is 3. The van der Waals surface area contributed by atoms with E-state index in [9.17, 15) is 4.79 Å². The van der Waals surface area contributed by atoms with Gasteiger partial charge >= 0.3 is 0 Å². The smallest absolute Gasteiger partial charge is 0.241 e. The van der Waals surface area contributed by atoms with E-state index in [4.69, 9.17) is 10.5 Å². The molecule has 0 bridgehead atoms.